The van der Waals surface area contributed by atoms with Gasteiger partial charge in [0.2, 0.25) is 11.9 Å². The molecule has 0 saturated heterocycles. The fraction of sp³-hybridized carbons (Fsp3) is 0.150. The van der Waals surface area contributed by atoms with Crippen LogP contribution in [0.3, 0.4) is 0 Å². The lowest BCUT2D eigenvalue weighted by atomic mass is 10.0. The van der Waals surface area contributed by atoms with Crippen molar-refractivity contribution in [3.8, 4) is 0 Å². The molecule has 1 aliphatic rings. The summed E-state index contributed by atoms with van der Waals surface area (Å²) in [5.74, 6) is 0.210. The molecular weight excluding hydrogens is 381 g/mol. The van der Waals surface area contributed by atoms with Gasteiger partial charge in [-0.3, -0.25) is 10.1 Å². The zero-order valence-electron chi connectivity index (χ0n) is 15.0. The summed E-state index contributed by atoms with van der Waals surface area (Å²) >= 11 is 5.99. The zero-order chi connectivity index (χ0) is 19.7. The van der Waals surface area contributed by atoms with Crippen LogP contribution in [0.15, 0.2) is 54.6 Å². The molecular formula is C20H17ClFN5O. The van der Waals surface area contributed by atoms with Gasteiger partial charge in [-0.25, -0.2) is 9.07 Å². The third-order valence-electron chi connectivity index (χ3n) is 4.40. The Labute approximate surface area is 166 Å². The molecule has 2 aromatic carbocycles. The summed E-state index contributed by atoms with van der Waals surface area (Å²) in [6.07, 6.45) is 2.30. The van der Waals surface area contributed by atoms with Gasteiger partial charge in [-0.2, -0.15) is 4.98 Å². The van der Waals surface area contributed by atoms with Gasteiger partial charge in [0.25, 0.3) is 5.95 Å². The van der Waals surface area contributed by atoms with E-state index in [1.165, 1.54) is 12.1 Å². The van der Waals surface area contributed by atoms with E-state index < -0.39 is 0 Å². The number of hydrogen-bond donors (Lipinski definition) is 2. The van der Waals surface area contributed by atoms with Crippen molar-refractivity contribution in [1.82, 2.24) is 14.8 Å². The highest BCUT2D eigenvalue weighted by molar-refractivity contribution is 6.30. The second-order valence-corrected chi connectivity index (χ2v) is 6.75. The normalized spacial score (nSPS) is 15.4. The number of rotatable bonds is 4. The summed E-state index contributed by atoms with van der Waals surface area (Å²) in [6, 6.07) is 13.3. The smallest absolute Gasteiger partial charge is 0.250 e. The maximum atomic E-state index is 13.4. The van der Waals surface area contributed by atoms with Crippen LogP contribution in [-0.2, 0) is 4.79 Å². The number of hydrogen-bond acceptors (Lipinski definition) is 4. The quantitative estimate of drug-likeness (QED) is 0.681. The highest BCUT2D eigenvalue weighted by Crippen LogP contribution is 2.33. The Morgan fingerprint density at radius 1 is 1.21 bits per heavy atom. The van der Waals surface area contributed by atoms with Crippen molar-refractivity contribution in [2.75, 3.05) is 10.6 Å². The largest absolute Gasteiger partial charge is 0.324 e. The van der Waals surface area contributed by atoms with Crippen molar-refractivity contribution in [2.45, 2.75) is 19.4 Å². The van der Waals surface area contributed by atoms with E-state index in [0.29, 0.717) is 17.4 Å². The summed E-state index contributed by atoms with van der Waals surface area (Å²) in [4.78, 5) is 16.1. The molecule has 1 aliphatic heterocycles. The van der Waals surface area contributed by atoms with Gasteiger partial charge in [0.15, 0.2) is 0 Å². The van der Waals surface area contributed by atoms with Gasteiger partial charge in [0, 0.05) is 17.1 Å². The van der Waals surface area contributed by atoms with Gasteiger partial charge in [0.05, 0.1) is 0 Å². The highest BCUT2D eigenvalue weighted by Gasteiger charge is 2.25. The second kappa shape index (κ2) is 7.44. The minimum absolute atomic E-state index is 0.174. The van der Waals surface area contributed by atoms with E-state index in [1.54, 1.807) is 35.9 Å². The SMILES string of the molecule is CCC(=O)Nc1nc2n(n1)[C@@H](c1ccc(F)cc1)C=C(c1ccc(Cl)cc1)N2. The molecule has 0 bridgehead atoms. The number of carbonyl (C=O) groups excluding carboxylic acids is 1. The van der Waals surface area contributed by atoms with E-state index in [9.17, 15) is 9.18 Å². The van der Waals surface area contributed by atoms with Crippen LogP contribution in [0.25, 0.3) is 5.70 Å². The van der Waals surface area contributed by atoms with Crippen molar-refractivity contribution in [2.24, 2.45) is 0 Å². The van der Waals surface area contributed by atoms with Crippen LogP contribution in [0, 0.1) is 5.82 Å². The van der Waals surface area contributed by atoms with E-state index in [4.69, 9.17) is 11.6 Å². The first-order valence-electron chi connectivity index (χ1n) is 8.80. The molecule has 0 radical (unpaired) electrons. The molecule has 6 nitrogen and oxygen atoms in total. The maximum absolute atomic E-state index is 13.4. The van der Waals surface area contributed by atoms with Crippen molar-refractivity contribution < 1.29 is 9.18 Å². The molecule has 142 valence electrons. The summed E-state index contributed by atoms with van der Waals surface area (Å²) in [7, 11) is 0. The average Bonchev–Trinajstić information content (AvgIpc) is 3.10. The molecule has 4 rings (SSSR count). The van der Waals surface area contributed by atoms with Gasteiger partial charge in [-0.1, -0.05) is 42.8 Å². The van der Waals surface area contributed by atoms with Gasteiger partial charge in [0.1, 0.15) is 11.9 Å². The van der Waals surface area contributed by atoms with Crippen LogP contribution in [0.5, 0.6) is 0 Å². The third-order valence-corrected chi connectivity index (χ3v) is 4.66. The topological polar surface area (TPSA) is 71.8 Å². The summed E-state index contributed by atoms with van der Waals surface area (Å²) < 4.78 is 15.1. The number of aromatic nitrogens is 3. The van der Waals surface area contributed by atoms with E-state index in [0.717, 1.165) is 16.8 Å². The standard InChI is InChI=1S/C20H17ClFN5O/c1-2-18(28)24-19-25-20-23-16(12-3-7-14(21)8-4-12)11-17(27(20)26-19)13-5-9-15(22)10-6-13/h3-11,17H,2H2,1H3,(H2,23,24,25,26,28)/t17-/m1/s1. The Morgan fingerprint density at radius 2 is 1.93 bits per heavy atom. The Hall–Kier alpha value is -3.19. The Kier molecular flexibility index (Phi) is 4.83. The number of carbonyl (C=O) groups is 1. The highest BCUT2D eigenvalue weighted by atomic mass is 35.5. The molecule has 2 heterocycles. The first-order valence-corrected chi connectivity index (χ1v) is 9.18. The molecule has 28 heavy (non-hydrogen) atoms. The van der Waals surface area contributed by atoms with Gasteiger partial charge in [-0.05, 0) is 41.5 Å². The Bertz CT molecular complexity index is 1040. The summed E-state index contributed by atoms with van der Waals surface area (Å²) in [6.45, 7) is 1.76. The van der Waals surface area contributed by atoms with E-state index in [2.05, 4.69) is 20.7 Å². The van der Waals surface area contributed by atoms with Crippen LogP contribution in [0.1, 0.15) is 30.5 Å². The van der Waals surface area contributed by atoms with E-state index in [1.807, 2.05) is 18.2 Å². The number of anilines is 2. The zero-order valence-corrected chi connectivity index (χ0v) is 15.7. The van der Waals surface area contributed by atoms with Crippen LogP contribution < -0.4 is 10.6 Å². The molecule has 0 saturated carbocycles. The Balaban J connectivity index is 1.77. The molecule has 0 fully saturated rings. The number of benzene rings is 2. The first kappa shape index (κ1) is 18.2. The van der Waals surface area contributed by atoms with E-state index in [-0.39, 0.29) is 23.7 Å². The average molecular weight is 398 g/mol. The fourth-order valence-corrected chi connectivity index (χ4v) is 3.08. The van der Waals surface area contributed by atoms with Crippen molar-refractivity contribution in [3.05, 3.63) is 76.6 Å². The number of allylic oxidation sites excluding steroid dienone is 1. The van der Waals surface area contributed by atoms with Crippen molar-refractivity contribution in [1.29, 1.82) is 0 Å². The lowest BCUT2D eigenvalue weighted by Crippen LogP contribution is -2.20. The predicted octanol–water partition coefficient (Wildman–Crippen LogP) is 4.48. The lowest BCUT2D eigenvalue weighted by Gasteiger charge is -2.24. The molecule has 1 atom stereocenters. The lowest BCUT2D eigenvalue weighted by molar-refractivity contribution is -0.115. The molecule has 8 heteroatoms. The van der Waals surface area contributed by atoms with Crippen molar-refractivity contribution in [3.63, 3.8) is 0 Å². The summed E-state index contributed by atoms with van der Waals surface area (Å²) in [5.41, 5.74) is 2.58. The second-order valence-electron chi connectivity index (χ2n) is 6.31. The van der Waals surface area contributed by atoms with Crippen LogP contribution in [-0.4, -0.2) is 20.7 Å². The van der Waals surface area contributed by atoms with Crippen molar-refractivity contribution >= 4 is 35.1 Å². The molecule has 2 N–H and O–H groups in total. The van der Waals surface area contributed by atoms with Crippen LogP contribution in [0.2, 0.25) is 5.02 Å². The monoisotopic (exact) mass is 397 g/mol. The molecule has 0 aliphatic carbocycles. The molecule has 1 amide bonds. The number of amides is 1. The first-order chi connectivity index (χ1) is 13.5. The summed E-state index contributed by atoms with van der Waals surface area (Å²) in [5, 5.41) is 11.0. The molecule has 1 aromatic heterocycles. The van der Waals surface area contributed by atoms with Gasteiger partial charge in [-0.15, -0.1) is 5.10 Å². The number of fused-ring (bicyclic) bond motifs is 1. The predicted molar refractivity (Wildman–Crippen MR) is 107 cm³/mol. The maximum Gasteiger partial charge on any atom is 0.250 e. The van der Waals surface area contributed by atoms with Crippen LogP contribution in [0.4, 0.5) is 16.3 Å². The number of nitrogens with zero attached hydrogens (tertiary/aromatic N) is 3. The third kappa shape index (κ3) is 3.61. The fourth-order valence-electron chi connectivity index (χ4n) is 2.95. The minimum Gasteiger partial charge on any atom is -0.324 e. The van der Waals surface area contributed by atoms with Gasteiger partial charge < -0.3 is 5.32 Å². The number of nitrogens with one attached hydrogen (secondary N) is 2. The minimum atomic E-state index is -0.317. The van der Waals surface area contributed by atoms with Gasteiger partial charge >= 0.3 is 0 Å². The molecule has 0 unspecified atom stereocenters. The molecule has 0 spiro atoms. The molecule has 3 aromatic rings. The van der Waals surface area contributed by atoms with Crippen LogP contribution >= 0.6 is 11.6 Å². The number of halogens is 2. The Morgan fingerprint density at radius 3 is 2.61 bits per heavy atom. The van der Waals surface area contributed by atoms with E-state index >= 15 is 0 Å².